The minimum Gasteiger partial charge on any atom is -0.339 e. The van der Waals surface area contributed by atoms with Gasteiger partial charge in [-0.3, -0.25) is 0 Å². The van der Waals surface area contributed by atoms with Gasteiger partial charge in [-0.2, -0.15) is 4.98 Å². The molecule has 17 heavy (non-hydrogen) atoms. The highest BCUT2D eigenvalue weighted by Gasteiger charge is 2.14. The second kappa shape index (κ2) is 5.37. The molecule has 0 aromatic carbocycles. The highest BCUT2D eigenvalue weighted by atomic mass is 32.1. The molecule has 2 N–H and O–H groups in total. The third-order valence-corrected chi connectivity index (χ3v) is 3.33. The number of hydrogen-bond donors (Lipinski definition) is 1. The van der Waals surface area contributed by atoms with E-state index in [-0.39, 0.29) is 5.92 Å². The third kappa shape index (κ3) is 3.10. The molecule has 0 fully saturated rings. The zero-order valence-electron chi connectivity index (χ0n) is 10.0. The quantitative estimate of drug-likeness (QED) is 0.879. The topological polar surface area (TPSA) is 77.8 Å². The highest BCUT2D eigenvalue weighted by Crippen LogP contribution is 2.17. The van der Waals surface area contributed by atoms with Crippen LogP contribution in [-0.2, 0) is 6.42 Å². The van der Waals surface area contributed by atoms with E-state index in [9.17, 15) is 0 Å². The van der Waals surface area contributed by atoms with Crippen LogP contribution in [0.25, 0.3) is 0 Å². The van der Waals surface area contributed by atoms with Crippen LogP contribution in [0.5, 0.6) is 0 Å². The SMILES string of the molecule is Cc1nc(Cc2noc(C(C)CCN)n2)cs1. The second-order valence-corrected chi connectivity index (χ2v) is 5.12. The van der Waals surface area contributed by atoms with Gasteiger partial charge in [0.1, 0.15) is 0 Å². The molecule has 6 heteroatoms. The number of hydrogen-bond acceptors (Lipinski definition) is 6. The molecule has 0 saturated heterocycles. The Hall–Kier alpha value is -1.27. The number of aryl methyl sites for hydroxylation is 1. The van der Waals surface area contributed by atoms with E-state index in [0.29, 0.717) is 24.7 Å². The Morgan fingerprint density at radius 1 is 1.47 bits per heavy atom. The number of nitrogens with zero attached hydrogens (tertiary/aromatic N) is 3. The van der Waals surface area contributed by atoms with Crippen molar-refractivity contribution in [2.24, 2.45) is 5.73 Å². The molecule has 0 bridgehead atoms. The number of rotatable bonds is 5. The largest absolute Gasteiger partial charge is 0.339 e. The molecule has 0 radical (unpaired) electrons. The Balaban J connectivity index is 2.03. The van der Waals surface area contributed by atoms with Gasteiger partial charge in [0.15, 0.2) is 5.82 Å². The lowest BCUT2D eigenvalue weighted by molar-refractivity contribution is 0.351. The van der Waals surface area contributed by atoms with E-state index >= 15 is 0 Å². The molecular formula is C11H16N4OS. The van der Waals surface area contributed by atoms with Crippen molar-refractivity contribution in [2.75, 3.05) is 6.54 Å². The fraction of sp³-hybridized carbons (Fsp3) is 0.545. The van der Waals surface area contributed by atoms with Crippen molar-refractivity contribution in [3.8, 4) is 0 Å². The van der Waals surface area contributed by atoms with Crippen molar-refractivity contribution in [2.45, 2.75) is 32.6 Å². The van der Waals surface area contributed by atoms with E-state index < -0.39 is 0 Å². The van der Waals surface area contributed by atoms with Gasteiger partial charge in [-0.15, -0.1) is 11.3 Å². The minimum atomic E-state index is 0.221. The summed E-state index contributed by atoms with van der Waals surface area (Å²) in [6, 6.07) is 0. The molecule has 0 aliphatic carbocycles. The summed E-state index contributed by atoms with van der Waals surface area (Å²) in [5, 5.41) is 7.04. The lowest BCUT2D eigenvalue weighted by atomic mass is 10.1. The molecule has 92 valence electrons. The van der Waals surface area contributed by atoms with Gasteiger partial charge >= 0.3 is 0 Å². The average molecular weight is 252 g/mol. The first-order chi connectivity index (χ1) is 8.19. The summed E-state index contributed by atoms with van der Waals surface area (Å²) in [4.78, 5) is 8.74. The second-order valence-electron chi connectivity index (χ2n) is 4.06. The van der Waals surface area contributed by atoms with Crippen molar-refractivity contribution in [3.05, 3.63) is 27.8 Å². The van der Waals surface area contributed by atoms with Crippen LogP contribution in [0.2, 0.25) is 0 Å². The van der Waals surface area contributed by atoms with E-state index in [1.807, 2.05) is 19.2 Å². The number of aromatic nitrogens is 3. The van der Waals surface area contributed by atoms with Crippen molar-refractivity contribution >= 4 is 11.3 Å². The molecule has 5 nitrogen and oxygen atoms in total. The average Bonchev–Trinajstić information content (AvgIpc) is 2.89. The van der Waals surface area contributed by atoms with E-state index in [1.54, 1.807) is 11.3 Å². The zero-order valence-corrected chi connectivity index (χ0v) is 10.8. The maximum absolute atomic E-state index is 5.50. The van der Waals surface area contributed by atoms with Crippen molar-refractivity contribution in [1.29, 1.82) is 0 Å². The van der Waals surface area contributed by atoms with Gasteiger partial charge in [-0.1, -0.05) is 12.1 Å². The standard InChI is InChI=1S/C11H16N4OS/c1-7(3-4-12)11-14-10(15-16-11)5-9-6-17-8(2)13-9/h6-7H,3-5,12H2,1-2H3. The summed E-state index contributed by atoms with van der Waals surface area (Å²) in [5.74, 6) is 1.57. The molecule has 2 heterocycles. The maximum atomic E-state index is 5.50. The third-order valence-electron chi connectivity index (χ3n) is 2.51. The summed E-state index contributed by atoms with van der Waals surface area (Å²) in [6.45, 7) is 4.65. The lowest BCUT2D eigenvalue weighted by Crippen LogP contribution is -2.04. The van der Waals surface area contributed by atoms with Crippen LogP contribution in [0.1, 0.15) is 41.7 Å². The van der Waals surface area contributed by atoms with Crippen LogP contribution in [0.4, 0.5) is 0 Å². The molecule has 2 aromatic heterocycles. The van der Waals surface area contributed by atoms with Gasteiger partial charge in [0.25, 0.3) is 0 Å². The molecule has 0 spiro atoms. The maximum Gasteiger partial charge on any atom is 0.229 e. The van der Waals surface area contributed by atoms with Crippen molar-refractivity contribution < 1.29 is 4.52 Å². The van der Waals surface area contributed by atoms with Crippen molar-refractivity contribution in [3.63, 3.8) is 0 Å². The molecule has 1 unspecified atom stereocenters. The van der Waals surface area contributed by atoms with Crippen LogP contribution in [0.15, 0.2) is 9.90 Å². The van der Waals surface area contributed by atoms with Crippen LogP contribution < -0.4 is 5.73 Å². The summed E-state index contributed by atoms with van der Waals surface area (Å²) in [5.41, 5.74) is 6.49. The summed E-state index contributed by atoms with van der Waals surface area (Å²) in [7, 11) is 0. The van der Waals surface area contributed by atoms with Crippen molar-refractivity contribution in [1.82, 2.24) is 15.1 Å². The van der Waals surface area contributed by atoms with Crippen LogP contribution >= 0.6 is 11.3 Å². The molecule has 0 saturated carbocycles. The first-order valence-electron chi connectivity index (χ1n) is 5.62. The monoisotopic (exact) mass is 252 g/mol. The van der Waals surface area contributed by atoms with Gasteiger partial charge in [0.05, 0.1) is 17.1 Å². The molecule has 0 aliphatic rings. The minimum absolute atomic E-state index is 0.221. The number of thiazole rings is 1. The fourth-order valence-corrected chi connectivity index (χ4v) is 2.18. The summed E-state index contributed by atoms with van der Waals surface area (Å²) < 4.78 is 5.22. The van der Waals surface area contributed by atoms with Gasteiger partial charge in [0.2, 0.25) is 5.89 Å². The predicted octanol–water partition coefficient (Wildman–Crippen LogP) is 1.88. The Morgan fingerprint density at radius 2 is 2.29 bits per heavy atom. The molecule has 1 atom stereocenters. The smallest absolute Gasteiger partial charge is 0.229 e. The Kier molecular flexibility index (Phi) is 3.86. The Morgan fingerprint density at radius 3 is 2.94 bits per heavy atom. The van der Waals surface area contributed by atoms with Gasteiger partial charge in [-0.05, 0) is 19.9 Å². The Bertz CT molecular complexity index is 479. The zero-order chi connectivity index (χ0) is 12.3. The summed E-state index contributed by atoms with van der Waals surface area (Å²) in [6.07, 6.45) is 1.49. The summed E-state index contributed by atoms with van der Waals surface area (Å²) >= 11 is 1.63. The molecule has 0 aliphatic heterocycles. The van der Waals surface area contributed by atoms with Gasteiger partial charge in [0, 0.05) is 11.3 Å². The Labute approximate surface area is 104 Å². The van der Waals surface area contributed by atoms with E-state index in [0.717, 1.165) is 17.1 Å². The van der Waals surface area contributed by atoms with E-state index in [4.69, 9.17) is 10.3 Å². The van der Waals surface area contributed by atoms with Gasteiger partial charge in [-0.25, -0.2) is 4.98 Å². The predicted molar refractivity (Wildman–Crippen MR) is 66.0 cm³/mol. The first kappa shape index (κ1) is 12.2. The van der Waals surface area contributed by atoms with E-state index in [2.05, 4.69) is 15.1 Å². The molecular weight excluding hydrogens is 236 g/mol. The number of nitrogens with two attached hydrogens (primary N) is 1. The molecule has 2 aromatic rings. The highest BCUT2D eigenvalue weighted by molar-refractivity contribution is 7.09. The van der Waals surface area contributed by atoms with Crippen LogP contribution in [0, 0.1) is 6.92 Å². The fourth-order valence-electron chi connectivity index (χ4n) is 1.56. The first-order valence-corrected chi connectivity index (χ1v) is 6.50. The van der Waals surface area contributed by atoms with Crippen LogP contribution in [0.3, 0.4) is 0 Å². The molecule has 2 rings (SSSR count). The molecule has 0 amide bonds. The lowest BCUT2D eigenvalue weighted by Gasteiger charge is -2.01. The normalized spacial score (nSPS) is 12.9. The van der Waals surface area contributed by atoms with Crippen LogP contribution in [-0.4, -0.2) is 21.7 Å². The van der Waals surface area contributed by atoms with E-state index in [1.165, 1.54) is 0 Å². The van der Waals surface area contributed by atoms with Gasteiger partial charge < -0.3 is 10.3 Å².